The Bertz CT molecular complexity index is 3460. The standard InChI is InChI=1S/C50H28N4O/c51-29-31-18-21-45-42(24-31)43-28-32(19-22-46(43)53(45)36-11-2-1-3-12-36)34-25-35(38-13-5-4-10-33(38)30-52)27-37(26-34)54-44-16-8-6-15-41(44)49-47(54)23-20-40-39-14-7-9-17-48(39)55-50(40)49/h1-28H. The van der Waals surface area contributed by atoms with Gasteiger partial charge in [-0.1, -0.05) is 78.9 Å². The zero-order chi connectivity index (χ0) is 36.6. The van der Waals surface area contributed by atoms with E-state index in [1.54, 1.807) is 0 Å². The quantitative estimate of drug-likeness (QED) is 0.183. The van der Waals surface area contributed by atoms with Gasteiger partial charge in [0.25, 0.3) is 0 Å². The SMILES string of the molecule is N#Cc1ccc2c(c1)c1cc(-c3cc(-c4ccccc4C#N)cc(-n4c5ccccc5c5c6oc7ccccc7c6ccc54)c3)ccc1n2-c1ccccc1. The van der Waals surface area contributed by atoms with Crippen LogP contribution >= 0.6 is 0 Å². The van der Waals surface area contributed by atoms with Gasteiger partial charge < -0.3 is 13.6 Å². The minimum absolute atomic E-state index is 0.613. The average Bonchev–Trinajstić information content (AvgIpc) is 3.91. The van der Waals surface area contributed by atoms with Gasteiger partial charge in [-0.2, -0.15) is 10.5 Å². The second kappa shape index (κ2) is 11.8. The number of aromatic nitrogens is 2. The number of benzene rings is 8. The van der Waals surface area contributed by atoms with Crippen molar-refractivity contribution in [3.63, 3.8) is 0 Å². The first kappa shape index (κ1) is 30.7. The predicted octanol–water partition coefficient (Wildman–Crippen LogP) is 12.9. The van der Waals surface area contributed by atoms with Gasteiger partial charge in [-0.15, -0.1) is 0 Å². The molecule has 5 heteroatoms. The van der Waals surface area contributed by atoms with E-state index < -0.39 is 0 Å². The number of rotatable bonds is 4. The van der Waals surface area contributed by atoms with Crippen LogP contribution in [0, 0.1) is 22.7 Å². The number of nitriles is 2. The smallest absolute Gasteiger partial charge is 0.145 e. The fraction of sp³-hybridized carbons (Fsp3) is 0. The summed E-state index contributed by atoms with van der Waals surface area (Å²) in [6.07, 6.45) is 0. The molecule has 0 fully saturated rings. The van der Waals surface area contributed by atoms with Gasteiger partial charge in [-0.05, 0) is 113 Å². The third kappa shape index (κ3) is 4.58. The number of nitrogens with zero attached hydrogens (tertiary/aromatic N) is 4. The van der Waals surface area contributed by atoms with Crippen molar-refractivity contribution < 1.29 is 4.42 Å². The Morgan fingerprint density at radius 3 is 1.95 bits per heavy atom. The number of furan rings is 1. The van der Waals surface area contributed by atoms with Gasteiger partial charge in [0.1, 0.15) is 11.2 Å². The maximum Gasteiger partial charge on any atom is 0.145 e. The largest absolute Gasteiger partial charge is 0.455 e. The molecular weight excluding hydrogens is 673 g/mol. The lowest BCUT2D eigenvalue weighted by Crippen LogP contribution is -1.97. The first-order chi connectivity index (χ1) is 27.2. The topological polar surface area (TPSA) is 70.6 Å². The highest BCUT2D eigenvalue weighted by atomic mass is 16.3. The van der Waals surface area contributed by atoms with Crippen LogP contribution in [0.3, 0.4) is 0 Å². The van der Waals surface area contributed by atoms with Crippen LogP contribution < -0.4 is 0 Å². The lowest BCUT2D eigenvalue weighted by molar-refractivity contribution is 0.673. The van der Waals surface area contributed by atoms with Gasteiger partial charge in [0, 0.05) is 38.3 Å². The van der Waals surface area contributed by atoms with E-state index in [1.807, 2.05) is 72.8 Å². The molecule has 254 valence electrons. The normalized spacial score (nSPS) is 11.6. The van der Waals surface area contributed by atoms with Crippen LogP contribution in [0.1, 0.15) is 11.1 Å². The van der Waals surface area contributed by atoms with Gasteiger partial charge in [0.05, 0.1) is 50.7 Å². The summed E-state index contributed by atoms with van der Waals surface area (Å²) in [6, 6.07) is 63.1. The molecule has 0 radical (unpaired) electrons. The molecule has 11 aromatic rings. The minimum atomic E-state index is 0.613. The third-order valence-electron chi connectivity index (χ3n) is 11.0. The molecule has 3 aromatic heterocycles. The molecule has 0 bridgehead atoms. The van der Waals surface area contributed by atoms with Crippen molar-refractivity contribution >= 4 is 65.6 Å². The molecule has 11 rings (SSSR count). The summed E-state index contributed by atoms with van der Waals surface area (Å²) in [5, 5.41) is 26.5. The summed E-state index contributed by atoms with van der Waals surface area (Å²) in [6.45, 7) is 0. The highest BCUT2D eigenvalue weighted by Gasteiger charge is 2.21. The molecule has 0 amide bonds. The fourth-order valence-electron chi connectivity index (χ4n) is 8.54. The van der Waals surface area contributed by atoms with E-state index in [-0.39, 0.29) is 0 Å². The number of hydrogen-bond acceptors (Lipinski definition) is 3. The Morgan fingerprint density at radius 2 is 1.09 bits per heavy atom. The third-order valence-corrected chi connectivity index (χ3v) is 11.0. The summed E-state index contributed by atoms with van der Waals surface area (Å²) in [7, 11) is 0. The number of fused-ring (bicyclic) bond motifs is 10. The predicted molar refractivity (Wildman–Crippen MR) is 223 cm³/mol. The maximum atomic E-state index is 10.2. The van der Waals surface area contributed by atoms with Crippen LogP contribution in [0.25, 0.3) is 99.2 Å². The van der Waals surface area contributed by atoms with E-state index in [4.69, 9.17) is 4.42 Å². The molecule has 5 nitrogen and oxygen atoms in total. The Morgan fingerprint density at radius 1 is 0.418 bits per heavy atom. The molecular formula is C50H28N4O. The van der Waals surface area contributed by atoms with Crippen molar-refractivity contribution in [3.8, 4) is 45.8 Å². The highest BCUT2D eigenvalue weighted by molar-refractivity contribution is 6.24. The minimum Gasteiger partial charge on any atom is -0.455 e. The molecule has 0 aliphatic rings. The van der Waals surface area contributed by atoms with Crippen molar-refractivity contribution in [2.75, 3.05) is 0 Å². The summed E-state index contributed by atoms with van der Waals surface area (Å²) >= 11 is 0. The Kier molecular flexibility index (Phi) is 6.61. The van der Waals surface area contributed by atoms with Crippen molar-refractivity contribution in [2.24, 2.45) is 0 Å². The van der Waals surface area contributed by atoms with Gasteiger partial charge in [-0.3, -0.25) is 0 Å². The summed E-state index contributed by atoms with van der Waals surface area (Å²) < 4.78 is 11.2. The molecule has 55 heavy (non-hydrogen) atoms. The van der Waals surface area contributed by atoms with E-state index in [9.17, 15) is 10.5 Å². The van der Waals surface area contributed by atoms with Crippen molar-refractivity contribution in [1.29, 1.82) is 10.5 Å². The summed E-state index contributed by atoms with van der Waals surface area (Å²) in [4.78, 5) is 0. The van der Waals surface area contributed by atoms with Gasteiger partial charge >= 0.3 is 0 Å². The first-order valence-electron chi connectivity index (χ1n) is 18.2. The maximum absolute atomic E-state index is 10.2. The molecule has 0 aliphatic heterocycles. The monoisotopic (exact) mass is 700 g/mol. The van der Waals surface area contributed by atoms with Gasteiger partial charge in [0.15, 0.2) is 0 Å². The van der Waals surface area contributed by atoms with E-state index in [1.165, 1.54) is 0 Å². The van der Waals surface area contributed by atoms with Crippen LogP contribution in [-0.2, 0) is 0 Å². The van der Waals surface area contributed by atoms with E-state index in [0.29, 0.717) is 11.1 Å². The van der Waals surface area contributed by atoms with Crippen LogP contribution in [0.5, 0.6) is 0 Å². The Balaban J connectivity index is 1.21. The first-order valence-corrected chi connectivity index (χ1v) is 18.2. The summed E-state index contributed by atoms with van der Waals surface area (Å²) in [5.41, 5.74) is 13.0. The second-order valence-electron chi connectivity index (χ2n) is 14.0. The zero-order valence-corrected chi connectivity index (χ0v) is 29.4. The molecule has 0 atom stereocenters. The molecule has 0 aliphatic carbocycles. The number of para-hydroxylation sites is 3. The Hall–Kier alpha value is -7.86. The van der Waals surface area contributed by atoms with E-state index in [0.717, 1.165) is 99.2 Å². The Labute approximate surface area is 315 Å². The molecule has 0 saturated carbocycles. The second-order valence-corrected chi connectivity index (χ2v) is 14.0. The van der Waals surface area contributed by atoms with Crippen LogP contribution in [0.4, 0.5) is 0 Å². The molecule has 0 unspecified atom stereocenters. The average molecular weight is 701 g/mol. The van der Waals surface area contributed by atoms with Crippen molar-refractivity contribution in [2.45, 2.75) is 0 Å². The highest BCUT2D eigenvalue weighted by Crippen LogP contribution is 2.43. The molecule has 0 saturated heterocycles. The summed E-state index contributed by atoms with van der Waals surface area (Å²) in [5.74, 6) is 0. The van der Waals surface area contributed by atoms with Gasteiger partial charge in [-0.25, -0.2) is 0 Å². The number of hydrogen-bond donors (Lipinski definition) is 0. The lowest BCUT2D eigenvalue weighted by atomic mass is 9.94. The van der Waals surface area contributed by atoms with Crippen LogP contribution in [0.15, 0.2) is 174 Å². The molecule has 0 spiro atoms. The van der Waals surface area contributed by atoms with Gasteiger partial charge in [0.2, 0.25) is 0 Å². The van der Waals surface area contributed by atoms with Crippen LogP contribution in [-0.4, -0.2) is 9.13 Å². The van der Waals surface area contributed by atoms with Crippen molar-refractivity contribution in [3.05, 3.63) is 181 Å². The zero-order valence-electron chi connectivity index (χ0n) is 29.4. The van der Waals surface area contributed by atoms with E-state index in [2.05, 4.69) is 118 Å². The lowest BCUT2D eigenvalue weighted by Gasteiger charge is -2.15. The molecule has 0 N–H and O–H groups in total. The fourth-order valence-corrected chi connectivity index (χ4v) is 8.54. The van der Waals surface area contributed by atoms with Crippen molar-refractivity contribution in [1.82, 2.24) is 9.13 Å². The van der Waals surface area contributed by atoms with E-state index >= 15 is 0 Å². The molecule has 8 aromatic carbocycles. The van der Waals surface area contributed by atoms with Crippen LogP contribution in [0.2, 0.25) is 0 Å². The molecule has 3 heterocycles.